The topological polar surface area (TPSA) is 0 Å². The van der Waals surface area contributed by atoms with Crippen LogP contribution in [0.5, 0.6) is 0 Å². The van der Waals surface area contributed by atoms with Gasteiger partial charge in [-0.25, -0.2) is 0 Å². The Kier molecular flexibility index (Phi) is 18.0. The molecule has 694 valence electrons. The Morgan fingerprint density at radius 1 is 0.100 bits per heavy atom. The molecule has 34 rings (SSSR count). The fourth-order valence-electron chi connectivity index (χ4n) is 28.2. The molecule has 0 bridgehead atoms. The highest BCUT2D eigenvalue weighted by molar-refractivity contribution is 6.46. The van der Waals surface area contributed by atoms with Crippen LogP contribution in [0.2, 0.25) is 0 Å². The molecule has 0 nitrogen and oxygen atoms in total. The van der Waals surface area contributed by atoms with Crippen LogP contribution in [0.1, 0.15) is 33.4 Å². The summed E-state index contributed by atoms with van der Waals surface area (Å²) in [6.45, 7) is 13.5. The van der Waals surface area contributed by atoms with Crippen molar-refractivity contribution in [3.63, 3.8) is 0 Å². The van der Waals surface area contributed by atoms with E-state index in [1.54, 1.807) is 0 Å². The van der Waals surface area contributed by atoms with E-state index in [1.807, 2.05) is 0 Å². The van der Waals surface area contributed by atoms with Gasteiger partial charge in [0.2, 0.25) is 0 Å². The monoisotopic (exact) mass is 1890 g/mol. The maximum atomic E-state index is 2.53. The quantitative estimate of drug-likeness (QED) is 0.110. The van der Waals surface area contributed by atoms with Crippen LogP contribution in [-0.4, -0.2) is 0 Å². The number of benzene rings is 29. The Bertz CT molecular complexity index is 11300. The van der Waals surface area contributed by atoms with Crippen molar-refractivity contribution in [2.45, 2.75) is 41.5 Å². The molecule has 31 aromatic carbocycles. The molecule has 0 saturated heterocycles. The first-order valence-electron chi connectivity index (χ1n) is 52.9. The number of rotatable bonds is 7. The molecule has 0 amide bonds. The third-order valence-corrected chi connectivity index (χ3v) is 34.2. The van der Waals surface area contributed by atoms with E-state index in [9.17, 15) is 0 Å². The van der Waals surface area contributed by atoms with E-state index < -0.39 is 0 Å². The highest BCUT2D eigenvalue weighted by atomic mass is 14.4. The molecule has 0 saturated carbocycles. The predicted octanol–water partition coefficient (Wildman–Crippen LogP) is 42.6. The first kappa shape index (κ1) is 84.6. The van der Waals surface area contributed by atoms with E-state index >= 15 is 0 Å². The van der Waals surface area contributed by atoms with Gasteiger partial charge in [-0.05, 0) is 480 Å². The largest absolute Gasteiger partial charge is 0.0622 e. The molecule has 150 heavy (non-hydrogen) atoms. The molecule has 0 heterocycles. The van der Waals surface area contributed by atoms with Gasteiger partial charge in [0.25, 0.3) is 0 Å². The van der Waals surface area contributed by atoms with Gasteiger partial charge in [0, 0.05) is 0 Å². The second-order valence-electron chi connectivity index (χ2n) is 42.8. The predicted molar refractivity (Wildman–Crippen MR) is 648 cm³/mol. The average Bonchev–Trinajstić information content (AvgIpc) is 1.69. The van der Waals surface area contributed by atoms with Crippen LogP contribution < -0.4 is 0 Å². The molecule has 0 fully saturated rings. The summed E-state index contributed by atoms with van der Waals surface area (Å²) in [5.41, 5.74) is 41.9. The van der Waals surface area contributed by atoms with Crippen LogP contribution in [0.25, 0.3) is 339 Å². The molecular formula is C150H94. The molecule has 3 aliphatic rings. The van der Waals surface area contributed by atoms with Crippen molar-refractivity contribution in [2.75, 3.05) is 0 Å². The molecular weight excluding hydrogens is 1800 g/mol. The van der Waals surface area contributed by atoms with Crippen LogP contribution in [0, 0.1) is 41.5 Å². The van der Waals surface area contributed by atoms with Crippen molar-refractivity contribution in [1.29, 1.82) is 0 Å². The van der Waals surface area contributed by atoms with Gasteiger partial charge in [0.15, 0.2) is 0 Å². The standard InChI is InChI=1S/C58H36.C48H30.C44H28/c1-33-23-38-24-34(2)26-56-54-32-52-48(31-53(54)55(25-33)57(38)56)44(37-17-10-5-11-18-37)28-49-50(52)27-43(36-15-8-4-9-16-36)47-29-46-42-22-21-39(35-13-6-3-7-14-35)40-19-12-20-41(58(40)42)45(46)30-51(47)49;1-27-21-38-36-26-41-37(25-35(36)39-23-28(2)43(42(22-27)45(38)39)29-13-5-3-6-14-29)40-24-31-17-9-10-18-32(31)46-33-19-11-12-20-34(33)47(48(40)46)44(41)30-15-7-4-8-16-30;1-25-20-36-35-24-38-33(23-34(35)37-22-26(2)40(39(21-25)43(36)37)27-10-5-3-6-11-27)31-18-16-29-14-9-15-30-17-19-32(44(31)41(29)30)42(38)28-12-7-4-8-13-28/h3-32H,1-2H3;3-26H,1-2H3;3-24H,1-2H3. The van der Waals surface area contributed by atoms with Gasteiger partial charge < -0.3 is 0 Å². The normalized spacial score (nSPS) is 12.3. The van der Waals surface area contributed by atoms with Gasteiger partial charge in [-0.2, -0.15) is 0 Å². The second-order valence-corrected chi connectivity index (χ2v) is 42.8. The zero-order valence-corrected chi connectivity index (χ0v) is 83.9. The van der Waals surface area contributed by atoms with Gasteiger partial charge in [0.1, 0.15) is 0 Å². The minimum Gasteiger partial charge on any atom is -0.0622 e. The summed E-state index contributed by atoms with van der Waals surface area (Å²) in [6.07, 6.45) is 0. The molecule has 0 spiro atoms. The lowest BCUT2D eigenvalue weighted by atomic mass is 9.84. The van der Waals surface area contributed by atoms with Gasteiger partial charge >= 0.3 is 0 Å². The first-order valence-corrected chi connectivity index (χ1v) is 52.9. The zero-order valence-electron chi connectivity index (χ0n) is 83.9. The molecule has 3 aliphatic carbocycles. The number of hydrogen-bond donors (Lipinski definition) is 0. The zero-order chi connectivity index (χ0) is 99.0. The van der Waals surface area contributed by atoms with E-state index in [0.29, 0.717) is 0 Å². The van der Waals surface area contributed by atoms with Crippen LogP contribution >= 0.6 is 0 Å². The minimum atomic E-state index is 1.24. The molecule has 0 unspecified atom stereocenters. The Hall–Kier alpha value is -18.7. The maximum absolute atomic E-state index is 2.53. The van der Waals surface area contributed by atoms with Gasteiger partial charge in [0.05, 0.1) is 0 Å². The lowest BCUT2D eigenvalue weighted by Crippen LogP contribution is -1.91. The lowest BCUT2D eigenvalue weighted by molar-refractivity contribution is 1.47. The Labute approximate surface area is 868 Å². The Balaban J connectivity index is 0.000000100. The first-order chi connectivity index (χ1) is 73.9. The Morgan fingerprint density at radius 2 is 0.427 bits per heavy atom. The molecule has 31 aromatic rings. The van der Waals surface area contributed by atoms with Crippen LogP contribution in [0.4, 0.5) is 0 Å². The lowest BCUT2D eigenvalue weighted by Gasteiger charge is -2.19. The molecule has 0 aromatic heterocycles. The van der Waals surface area contributed by atoms with Crippen molar-refractivity contribution >= 4 is 194 Å². The van der Waals surface area contributed by atoms with E-state index in [2.05, 4.69) is 503 Å². The van der Waals surface area contributed by atoms with E-state index in [-0.39, 0.29) is 0 Å². The number of fused-ring (bicyclic) bond motifs is 26. The fourth-order valence-corrected chi connectivity index (χ4v) is 28.2. The van der Waals surface area contributed by atoms with Crippen molar-refractivity contribution < 1.29 is 0 Å². The fraction of sp³-hybridized carbons (Fsp3) is 0.0400. The molecule has 0 heteroatoms. The molecule has 0 atom stereocenters. The summed E-state index contributed by atoms with van der Waals surface area (Å²) >= 11 is 0. The van der Waals surface area contributed by atoms with E-state index in [1.165, 1.54) is 372 Å². The summed E-state index contributed by atoms with van der Waals surface area (Å²) in [5, 5.41) is 48.0. The summed E-state index contributed by atoms with van der Waals surface area (Å²) < 4.78 is 0. The van der Waals surface area contributed by atoms with Gasteiger partial charge in [-0.1, -0.05) is 394 Å². The highest BCUT2D eigenvalue weighted by Gasteiger charge is 2.34. The molecule has 0 radical (unpaired) electrons. The van der Waals surface area contributed by atoms with Gasteiger partial charge in [-0.15, -0.1) is 0 Å². The smallest absolute Gasteiger partial charge is 0.000720 e. The highest BCUT2D eigenvalue weighted by Crippen LogP contribution is 2.61. The minimum absolute atomic E-state index is 1.24. The van der Waals surface area contributed by atoms with Crippen LogP contribution in [0.15, 0.2) is 461 Å². The van der Waals surface area contributed by atoms with Crippen molar-refractivity contribution in [1.82, 2.24) is 0 Å². The summed E-state index contributed by atoms with van der Waals surface area (Å²) in [5.74, 6) is 0. The average molecular weight is 1900 g/mol. The van der Waals surface area contributed by atoms with Crippen molar-refractivity contribution in [2.24, 2.45) is 0 Å². The SMILES string of the molecule is Cc1cc2c(-c3ccccc3)c(C)cc3c4cc5c(cc4c(c1)c23)c(-c1ccccc1)c1c2ccccc2c2c3ccccc3cc5c12.Cc1cc2c3c(cc(C)c(-c4ccccc4)c3c1)-c1cc3c(cc1-2)c(-c1ccccc1)c1ccc2cccc4ccc3c1c24.Cc1cc2c3c(cc(C)cc3c1)-c1cc3c(cc1-2)c(-c1ccccc1)cc1c2cc4c(cc2c(-c2ccccc2)cc31)-c1ccc(-c2ccccc2)c2cccc-4c12. The van der Waals surface area contributed by atoms with E-state index in [4.69, 9.17) is 0 Å². The number of hydrogen-bond acceptors (Lipinski definition) is 0. The number of aryl methyl sites for hydroxylation is 6. The van der Waals surface area contributed by atoms with Crippen molar-refractivity contribution in [3.05, 3.63) is 494 Å². The van der Waals surface area contributed by atoms with Crippen LogP contribution in [-0.2, 0) is 0 Å². The summed E-state index contributed by atoms with van der Waals surface area (Å²) in [4.78, 5) is 0. The third-order valence-electron chi connectivity index (χ3n) is 34.2. The van der Waals surface area contributed by atoms with Gasteiger partial charge in [-0.3, -0.25) is 0 Å². The maximum Gasteiger partial charge on any atom is -0.000720 e. The summed E-state index contributed by atoms with van der Waals surface area (Å²) in [7, 11) is 0. The Morgan fingerprint density at radius 3 is 0.993 bits per heavy atom. The third kappa shape index (κ3) is 12.2. The summed E-state index contributed by atoms with van der Waals surface area (Å²) in [6, 6.07) is 174. The van der Waals surface area contributed by atoms with E-state index in [0.717, 1.165) is 0 Å². The van der Waals surface area contributed by atoms with Crippen LogP contribution in [0.3, 0.4) is 0 Å². The molecule has 0 aliphatic heterocycles. The second kappa shape index (κ2) is 31.9. The molecule has 0 N–H and O–H groups in total. The van der Waals surface area contributed by atoms with Crippen molar-refractivity contribution in [3.8, 4) is 145 Å².